The lowest BCUT2D eigenvalue weighted by Gasteiger charge is -2.36. The maximum atomic E-state index is 12.8. The number of hydrogen-bond acceptors (Lipinski definition) is 6. The molecule has 1 atom stereocenters. The van der Waals surface area contributed by atoms with Gasteiger partial charge in [0.25, 0.3) is 0 Å². The summed E-state index contributed by atoms with van der Waals surface area (Å²) in [6.45, 7) is 3.53. The predicted octanol–water partition coefficient (Wildman–Crippen LogP) is 2.44. The average molecular weight is 420 g/mol. The highest BCUT2D eigenvalue weighted by Gasteiger charge is 2.23. The number of rotatable bonds is 7. The van der Waals surface area contributed by atoms with Gasteiger partial charge in [0.15, 0.2) is 5.82 Å². The van der Waals surface area contributed by atoms with Crippen molar-refractivity contribution in [3.05, 3.63) is 72.6 Å². The molecule has 162 valence electrons. The number of anilines is 2. The molecule has 2 aromatic rings. The zero-order valence-corrected chi connectivity index (χ0v) is 17.8. The monoisotopic (exact) mass is 419 g/mol. The molecule has 4 rings (SSSR count). The molecule has 3 heterocycles. The normalized spacial score (nSPS) is 17.9. The first kappa shape index (κ1) is 20.8. The number of carbonyl (C=O) groups excluding carboxylic acids is 1. The molecule has 0 bridgehead atoms. The van der Waals surface area contributed by atoms with E-state index in [9.17, 15) is 4.79 Å². The number of carbonyl (C=O) groups is 1. The second-order valence-electron chi connectivity index (χ2n) is 7.64. The van der Waals surface area contributed by atoms with Gasteiger partial charge in [-0.2, -0.15) is 0 Å². The molecule has 0 aliphatic carbocycles. The van der Waals surface area contributed by atoms with Gasteiger partial charge < -0.3 is 25.2 Å². The Labute approximate surface area is 183 Å². The van der Waals surface area contributed by atoms with Crippen LogP contribution in [0.25, 0.3) is 0 Å². The minimum atomic E-state index is 0.159. The number of ether oxygens (including phenoxy) is 1. The van der Waals surface area contributed by atoms with Gasteiger partial charge in [-0.3, -0.25) is 4.79 Å². The molecule has 7 nitrogen and oxygen atoms in total. The van der Waals surface area contributed by atoms with Crippen LogP contribution in [0, 0.1) is 0 Å². The van der Waals surface area contributed by atoms with E-state index in [0.29, 0.717) is 26.1 Å². The Morgan fingerprint density at radius 2 is 1.97 bits per heavy atom. The van der Waals surface area contributed by atoms with Gasteiger partial charge in [0.1, 0.15) is 12.4 Å². The van der Waals surface area contributed by atoms with Gasteiger partial charge in [0.2, 0.25) is 5.91 Å². The first-order chi connectivity index (χ1) is 15.2. The Morgan fingerprint density at radius 3 is 2.68 bits per heavy atom. The van der Waals surface area contributed by atoms with Crippen LogP contribution < -0.4 is 20.3 Å². The molecule has 2 N–H and O–H groups in total. The van der Waals surface area contributed by atoms with Crippen molar-refractivity contribution >= 4 is 17.4 Å². The highest BCUT2D eigenvalue weighted by Crippen LogP contribution is 2.23. The predicted molar refractivity (Wildman–Crippen MR) is 123 cm³/mol. The van der Waals surface area contributed by atoms with E-state index in [0.717, 1.165) is 35.9 Å². The third-order valence-corrected chi connectivity index (χ3v) is 5.56. The van der Waals surface area contributed by atoms with Gasteiger partial charge in [-0.15, -0.1) is 0 Å². The lowest BCUT2D eigenvalue weighted by Crippen LogP contribution is -2.49. The zero-order chi connectivity index (χ0) is 21.5. The number of hydrogen-bond donors (Lipinski definition) is 2. The number of pyridine rings is 1. The summed E-state index contributed by atoms with van der Waals surface area (Å²) in [6, 6.07) is 11.9. The smallest absolute Gasteiger partial charge is 0.227 e. The van der Waals surface area contributed by atoms with E-state index < -0.39 is 0 Å². The Hall–Kier alpha value is -3.48. The zero-order valence-electron chi connectivity index (χ0n) is 17.8. The third-order valence-electron chi connectivity index (χ3n) is 5.56. The van der Waals surface area contributed by atoms with E-state index in [1.807, 2.05) is 66.7 Å². The minimum Gasteiger partial charge on any atom is -0.491 e. The first-order valence-electron chi connectivity index (χ1n) is 10.7. The molecular weight excluding hydrogens is 390 g/mol. The Balaban J connectivity index is 1.25. The molecule has 31 heavy (non-hydrogen) atoms. The molecule has 1 amide bonds. The standard InChI is InChI=1S/C24H29N5O2/c1-25-22-6-4-12-27-24(22)29-15-13-28(14-16-29)23(30)17-19-7-9-21(10-8-19)31-18-20-5-2-3-11-26-20/h2-12,20,25-26H,13-18H2,1H3. The lowest BCUT2D eigenvalue weighted by atomic mass is 10.1. The number of dihydropyridines is 1. The molecule has 1 aromatic heterocycles. The highest BCUT2D eigenvalue weighted by atomic mass is 16.5. The quantitative estimate of drug-likeness (QED) is 0.719. The van der Waals surface area contributed by atoms with Gasteiger partial charge in [-0.05, 0) is 42.1 Å². The molecule has 1 aromatic carbocycles. The van der Waals surface area contributed by atoms with Crippen molar-refractivity contribution in [2.24, 2.45) is 0 Å². The second-order valence-corrected chi connectivity index (χ2v) is 7.64. The van der Waals surface area contributed by atoms with Crippen LogP contribution >= 0.6 is 0 Å². The molecule has 1 saturated heterocycles. The number of benzene rings is 1. The van der Waals surface area contributed by atoms with Crippen LogP contribution in [0.2, 0.25) is 0 Å². The summed E-state index contributed by atoms with van der Waals surface area (Å²) < 4.78 is 5.83. The Morgan fingerprint density at radius 1 is 1.16 bits per heavy atom. The Kier molecular flexibility index (Phi) is 6.72. The van der Waals surface area contributed by atoms with Crippen LogP contribution in [0.1, 0.15) is 5.56 Å². The van der Waals surface area contributed by atoms with Crippen LogP contribution in [-0.2, 0) is 11.2 Å². The maximum Gasteiger partial charge on any atom is 0.227 e. The molecule has 1 fully saturated rings. The number of piperazine rings is 1. The van der Waals surface area contributed by atoms with Crippen LogP contribution in [0.4, 0.5) is 11.5 Å². The van der Waals surface area contributed by atoms with Gasteiger partial charge in [-0.1, -0.05) is 24.3 Å². The summed E-state index contributed by atoms with van der Waals surface area (Å²) in [6.07, 6.45) is 10.2. The molecule has 2 aliphatic heterocycles. The summed E-state index contributed by atoms with van der Waals surface area (Å²) in [5.41, 5.74) is 2.01. The van der Waals surface area contributed by atoms with Gasteiger partial charge in [0, 0.05) is 39.4 Å². The molecule has 1 unspecified atom stereocenters. The van der Waals surface area contributed by atoms with E-state index in [-0.39, 0.29) is 11.9 Å². The summed E-state index contributed by atoms with van der Waals surface area (Å²) in [5, 5.41) is 6.42. The van der Waals surface area contributed by atoms with Crippen molar-refractivity contribution in [1.82, 2.24) is 15.2 Å². The number of nitrogens with zero attached hydrogens (tertiary/aromatic N) is 3. The van der Waals surface area contributed by atoms with Gasteiger partial charge >= 0.3 is 0 Å². The van der Waals surface area contributed by atoms with E-state index in [1.54, 1.807) is 6.20 Å². The van der Waals surface area contributed by atoms with Crippen molar-refractivity contribution in [1.29, 1.82) is 0 Å². The summed E-state index contributed by atoms with van der Waals surface area (Å²) >= 11 is 0. The van der Waals surface area contributed by atoms with E-state index in [1.165, 1.54) is 0 Å². The summed E-state index contributed by atoms with van der Waals surface area (Å²) in [4.78, 5) is 21.4. The third kappa shape index (κ3) is 5.36. The van der Waals surface area contributed by atoms with Gasteiger partial charge in [0.05, 0.1) is 18.2 Å². The molecule has 7 heteroatoms. The molecule has 0 spiro atoms. The van der Waals surface area contributed by atoms with Crippen LogP contribution in [-0.4, -0.2) is 61.7 Å². The summed E-state index contributed by atoms with van der Waals surface area (Å²) in [7, 11) is 1.90. The SMILES string of the molecule is CNc1cccnc1N1CCN(C(=O)Cc2ccc(OCC3C=CC=CN3)cc2)CC1. The lowest BCUT2D eigenvalue weighted by molar-refractivity contribution is -0.130. The van der Waals surface area contributed by atoms with E-state index >= 15 is 0 Å². The largest absolute Gasteiger partial charge is 0.491 e. The number of allylic oxidation sites excluding steroid dienone is 2. The minimum absolute atomic E-state index is 0.159. The number of nitrogens with one attached hydrogen (secondary N) is 2. The van der Waals surface area contributed by atoms with E-state index in [2.05, 4.69) is 26.6 Å². The van der Waals surface area contributed by atoms with Crippen molar-refractivity contribution in [3.8, 4) is 5.75 Å². The Bertz CT molecular complexity index is 933. The highest BCUT2D eigenvalue weighted by molar-refractivity contribution is 5.79. The fraction of sp³-hybridized carbons (Fsp3) is 0.333. The topological polar surface area (TPSA) is 69.7 Å². The fourth-order valence-corrected chi connectivity index (χ4v) is 3.78. The van der Waals surface area contributed by atoms with E-state index in [4.69, 9.17) is 4.74 Å². The number of aromatic nitrogens is 1. The average Bonchev–Trinajstić information content (AvgIpc) is 2.84. The number of amides is 1. The first-order valence-corrected chi connectivity index (χ1v) is 10.7. The van der Waals surface area contributed by atoms with Crippen molar-refractivity contribution in [2.75, 3.05) is 50.1 Å². The fourth-order valence-electron chi connectivity index (χ4n) is 3.78. The van der Waals surface area contributed by atoms with Crippen LogP contribution in [0.15, 0.2) is 67.0 Å². The van der Waals surface area contributed by atoms with Crippen molar-refractivity contribution in [2.45, 2.75) is 12.5 Å². The molecule has 0 radical (unpaired) electrons. The molecular formula is C24H29N5O2. The van der Waals surface area contributed by atoms with Crippen LogP contribution in [0.5, 0.6) is 5.75 Å². The maximum absolute atomic E-state index is 12.8. The second kappa shape index (κ2) is 10.0. The summed E-state index contributed by atoms with van der Waals surface area (Å²) in [5.74, 6) is 1.92. The van der Waals surface area contributed by atoms with Gasteiger partial charge in [-0.25, -0.2) is 4.98 Å². The van der Waals surface area contributed by atoms with Crippen molar-refractivity contribution < 1.29 is 9.53 Å². The van der Waals surface area contributed by atoms with Crippen LogP contribution in [0.3, 0.4) is 0 Å². The molecule has 2 aliphatic rings. The van der Waals surface area contributed by atoms with Crippen molar-refractivity contribution in [3.63, 3.8) is 0 Å². The molecule has 0 saturated carbocycles.